The fourth-order valence-corrected chi connectivity index (χ4v) is 3.04. The lowest BCUT2D eigenvalue weighted by Gasteiger charge is -2.10. The molecule has 0 spiro atoms. The van der Waals surface area contributed by atoms with Crippen LogP contribution in [0, 0.1) is 0 Å². The van der Waals surface area contributed by atoms with Gasteiger partial charge in [0.1, 0.15) is 0 Å². The number of unbranched alkanes of at least 4 members (excludes halogenated alkanes) is 1. The van der Waals surface area contributed by atoms with Crippen LogP contribution in [0.25, 0.3) is 0 Å². The van der Waals surface area contributed by atoms with Gasteiger partial charge in [0.2, 0.25) is 5.91 Å². The molecule has 0 aromatic heterocycles. The number of aryl methyl sites for hydroxylation is 2. The summed E-state index contributed by atoms with van der Waals surface area (Å²) in [7, 11) is 0. The molecule has 1 atom stereocenters. The molecule has 2 rings (SSSR count). The van der Waals surface area contributed by atoms with Crippen molar-refractivity contribution in [2.75, 3.05) is 13.1 Å². The zero-order valence-electron chi connectivity index (χ0n) is 19.0. The number of amides is 2. The van der Waals surface area contributed by atoms with Crippen molar-refractivity contribution in [2.24, 2.45) is 11.5 Å². The predicted molar refractivity (Wildman–Crippen MR) is 137 cm³/mol. The molecule has 8 nitrogen and oxygen atoms in total. The standard InChI is InChI=1S/C24H32N4O4.2ClH/c25-17-21(26)24(31)27-15-14-23(30)32-28-22(29)16-20-12-10-19(11-13-20)9-5-4-8-18-6-2-1-3-7-18;;/h1-3,6-7,10-13,21H,4-5,8-9,14-17,25-26H2,(H,27,31)(H,28,29);2*1H/t21-;;/m0../s1. The second-order valence-electron chi connectivity index (χ2n) is 7.57. The third-order valence-electron chi connectivity index (χ3n) is 4.91. The minimum atomic E-state index is -0.814. The summed E-state index contributed by atoms with van der Waals surface area (Å²) >= 11 is 0. The SMILES string of the molecule is Cl.Cl.NC[C@H](N)C(=O)NCCC(=O)ONC(=O)Cc1ccc(CCCCc2ccccc2)cc1. The summed E-state index contributed by atoms with van der Waals surface area (Å²) in [6, 6.07) is 17.5. The molecule has 34 heavy (non-hydrogen) atoms. The largest absolute Gasteiger partial charge is 0.354 e. The Labute approximate surface area is 213 Å². The smallest absolute Gasteiger partial charge is 0.334 e. The number of hydrogen-bond donors (Lipinski definition) is 4. The molecule has 0 aliphatic rings. The Morgan fingerprint density at radius 3 is 2.00 bits per heavy atom. The number of benzene rings is 2. The third-order valence-corrected chi connectivity index (χ3v) is 4.91. The number of halogens is 2. The Bertz CT molecular complexity index is 867. The van der Waals surface area contributed by atoms with E-state index in [1.54, 1.807) is 0 Å². The van der Waals surface area contributed by atoms with E-state index in [1.165, 1.54) is 11.1 Å². The number of hydrogen-bond acceptors (Lipinski definition) is 6. The first-order valence-electron chi connectivity index (χ1n) is 10.8. The molecule has 0 saturated carbocycles. The summed E-state index contributed by atoms with van der Waals surface area (Å²) in [5.74, 6) is -1.53. The number of nitrogens with one attached hydrogen (secondary N) is 2. The van der Waals surface area contributed by atoms with Crippen molar-refractivity contribution in [1.29, 1.82) is 0 Å². The first-order chi connectivity index (χ1) is 15.5. The summed E-state index contributed by atoms with van der Waals surface area (Å²) in [5.41, 5.74) is 16.3. The van der Waals surface area contributed by atoms with Crippen molar-refractivity contribution in [3.05, 3.63) is 71.3 Å². The maximum Gasteiger partial charge on any atom is 0.334 e. The van der Waals surface area contributed by atoms with Gasteiger partial charge in [-0.05, 0) is 42.4 Å². The predicted octanol–water partition coefficient (Wildman–Crippen LogP) is 2.00. The molecule has 0 fully saturated rings. The van der Waals surface area contributed by atoms with Gasteiger partial charge in [-0.1, -0.05) is 54.6 Å². The van der Waals surface area contributed by atoms with Crippen LogP contribution in [0.4, 0.5) is 0 Å². The van der Waals surface area contributed by atoms with Crippen LogP contribution in [0.3, 0.4) is 0 Å². The number of carbonyl (C=O) groups excluding carboxylic acids is 3. The highest BCUT2D eigenvalue weighted by atomic mass is 35.5. The van der Waals surface area contributed by atoms with E-state index in [1.807, 2.05) is 30.3 Å². The molecule has 0 unspecified atom stereocenters. The zero-order chi connectivity index (χ0) is 23.2. The van der Waals surface area contributed by atoms with E-state index >= 15 is 0 Å². The van der Waals surface area contributed by atoms with E-state index in [0.717, 1.165) is 31.2 Å². The minimum Gasteiger partial charge on any atom is -0.354 e. The Morgan fingerprint density at radius 2 is 1.41 bits per heavy atom. The average molecular weight is 513 g/mol. The van der Waals surface area contributed by atoms with Gasteiger partial charge in [-0.3, -0.25) is 9.59 Å². The van der Waals surface area contributed by atoms with Gasteiger partial charge in [-0.2, -0.15) is 5.48 Å². The lowest BCUT2D eigenvalue weighted by Crippen LogP contribution is -2.45. The molecule has 2 aromatic carbocycles. The molecule has 2 aromatic rings. The van der Waals surface area contributed by atoms with E-state index in [2.05, 4.69) is 35.1 Å². The van der Waals surface area contributed by atoms with Crippen molar-refractivity contribution >= 4 is 42.6 Å². The highest BCUT2D eigenvalue weighted by Crippen LogP contribution is 2.11. The van der Waals surface area contributed by atoms with Gasteiger partial charge in [0, 0.05) is 13.1 Å². The monoisotopic (exact) mass is 512 g/mol. The van der Waals surface area contributed by atoms with E-state index in [4.69, 9.17) is 16.3 Å². The number of hydroxylamine groups is 1. The van der Waals surface area contributed by atoms with Gasteiger partial charge in [0.05, 0.1) is 18.9 Å². The van der Waals surface area contributed by atoms with E-state index < -0.39 is 23.8 Å². The molecule has 0 radical (unpaired) electrons. The Kier molecular flexibility index (Phi) is 16.4. The highest BCUT2D eigenvalue weighted by molar-refractivity contribution is 5.85. The van der Waals surface area contributed by atoms with Gasteiger partial charge < -0.3 is 21.6 Å². The van der Waals surface area contributed by atoms with Crippen LogP contribution in [0.15, 0.2) is 54.6 Å². The van der Waals surface area contributed by atoms with Crippen molar-refractivity contribution < 1.29 is 19.2 Å². The fraction of sp³-hybridized carbons (Fsp3) is 0.375. The van der Waals surface area contributed by atoms with Crippen molar-refractivity contribution in [2.45, 2.75) is 44.6 Å². The highest BCUT2D eigenvalue weighted by Gasteiger charge is 2.12. The van der Waals surface area contributed by atoms with E-state index in [-0.39, 0.29) is 50.7 Å². The van der Waals surface area contributed by atoms with Gasteiger partial charge in [0.25, 0.3) is 5.91 Å². The molecule has 0 heterocycles. The van der Waals surface area contributed by atoms with E-state index in [0.29, 0.717) is 0 Å². The first kappa shape index (κ1) is 31.4. The molecule has 6 N–H and O–H groups in total. The maximum atomic E-state index is 12.0. The van der Waals surface area contributed by atoms with Crippen molar-refractivity contribution in [3.8, 4) is 0 Å². The van der Waals surface area contributed by atoms with Crippen LogP contribution in [0.2, 0.25) is 0 Å². The van der Waals surface area contributed by atoms with Crippen LogP contribution in [-0.4, -0.2) is 36.9 Å². The van der Waals surface area contributed by atoms with Gasteiger partial charge >= 0.3 is 5.97 Å². The van der Waals surface area contributed by atoms with Crippen LogP contribution >= 0.6 is 24.8 Å². The second kappa shape index (κ2) is 17.8. The Hall–Kier alpha value is -2.65. The second-order valence-corrected chi connectivity index (χ2v) is 7.57. The van der Waals surface area contributed by atoms with Crippen LogP contribution < -0.4 is 22.3 Å². The normalized spacial score (nSPS) is 10.8. The fourth-order valence-electron chi connectivity index (χ4n) is 3.04. The first-order valence-corrected chi connectivity index (χ1v) is 10.8. The van der Waals surface area contributed by atoms with Gasteiger partial charge in [-0.15, -0.1) is 24.8 Å². The van der Waals surface area contributed by atoms with Crippen LogP contribution in [-0.2, 0) is 38.5 Å². The minimum absolute atomic E-state index is 0. The lowest BCUT2D eigenvalue weighted by molar-refractivity contribution is -0.158. The van der Waals surface area contributed by atoms with Crippen LogP contribution in [0.1, 0.15) is 36.0 Å². The van der Waals surface area contributed by atoms with Gasteiger partial charge in [0.15, 0.2) is 0 Å². The molecule has 188 valence electrons. The molecule has 10 heteroatoms. The summed E-state index contributed by atoms with van der Waals surface area (Å²) in [6.45, 7) is 0.0651. The average Bonchev–Trinajstić information content (AvgIpc) is 2.81. The molecule has 0 bridgehead atoms. The maximum absolute atomic E-state index is 12.0. The molecule has 2 amide bonds. The summed E-state index contributed by atoms with van der Waals surface area (Å²) < 4.78 is 0. The molecule has 0 aliphatic carbocycles. The van der Waals surface area contributed by atoms with E-state index in [9.17, 15) is 14.4 Å². The van der Waals surface area contributed by atoms with Gasteiger partial charge in [-0.25, -0.2) is 4.79 Å². The van der Waals surface area contributed by atoms with Crippen molar-refractivity contribution in [3.63, 3.8) is 0 Å². The number of carbonyl (C=O) groups is 3. The lowest BCUT2D eigenvalue weighted by atomic mass is 10.0. The summed E-state index contributed by atoms with van der Waals surface area (Å²) in [6.07, 6.45) is 4.30. The number of nitrogens with two attached hydrogens (primary N) is 2. The topological polar surface area (TPSA) is 137 Å². The zero-order valence-corrected chi connectivity index (χ0v) is 20.7. The van der Waals surface area contributed by atoms with Crippen LogP contribution in [0.5, 0.6) is 0 Å². The molecular formula is C24H34Cl2N4O4. The Morgan fingerprint density at radius 1 is 0.853 bits per heavy atom. The van der Waals surface area contributed by atoms with Crippen molar-refractivity contribution in [1.82, 2.24) is 10.8 Å². The molecule has 0 aliphatic heterocycles. The molecule has 0 saturated heterocycles. The number of rotatable bonds is 12. The Balaban J connectivity index is 0.00000544. The summed E-state index contributed by atoms with van der Waals surface area (Å²) in [5, 5.41) is 2.47. The molecular weight excluding hydrogens is 479 g/mol. The third kappa shape index (κ3) is 12.6. The summed E-state index contributed by atoms with van der Waals surface area (Å²) in [4.78, 5) is 39.8. The quantitative estimate of drug-likeness (QED) is 0.253.